The summed E-state index contributed by atoms with van der Waals surface area (Å²) in [4.78, 5) is 38.9. The molecule has 1 N–H and O–H groups in total. The van der Waals surface area contributed by atoms with E-state index in [0.29, 0.717) is 5.92 Å². The first-order valence-corrected chi connectivity index (χ1v) is 10.2. The molecule has 1 aromatic rings. The molecule has 1 aliphatic carbocycles. The first-order chi connectivity index (χ1) is 13.0. The highest BCUT2D eigenvalue weighted by atomic mass is 16.2. The molecule has 27 heavy (non-hydrogen) atoms. The quantitative estimate of drug-likeness (QED) is 0.748. The van der Waals surface area contributed by atoms with Crippen LogP contribution in [0.25, 0.3) is 0 Å². The van der Waals surface area contributed by atoms with Crippen molar-refractivity contribution in [2.24, 2.45) is 17.8 Å². The number of nitrogens with zero attached hydrogens (tertiary/aromatic N) is 1. The molecule has 3 amide bonds. The Hall–Kier alpha value is -2.17. The molecule has 1 heterocycles. The van der Waals surface area contributed by atoms with Crippen LogP contribution in [0.15, 0.2) is 30.3 Å². The highest BCUT2D eigenvalue weighted by Crippen LogP contribution is 2.38. The van der Waals surface area contributed by atoms with Gasteiger partial charge in [0.25, 0.3) is 0 Å². The lowest BCUT2D eigenvalue weighted by Gasteiger charge is -2.22. The molecule has 2 aliphatic rings. The lowest BCUT2D eigenvalue weighted by atomic mass is 9.81. The van der Waals surface area contributed by atoms with Crippen molar-refractivity contribution in [1.29, 1.82) is 0 Å². The Morgan fingerprint density at radius 1 is 1.07 bits per heavy atom. The summed E-state index contributed by atoms with van der Waals surface area (Å²) in [6.45, 7) is 4.45. The van der Waals surface area contributed by atoms with E-state index in [1.54, 1.807) is 0 Å². The second kappa shape index (κ2) is 8.68. The van der Waals surface area contributed by atoms with Crippen LogP contribution < -0.4 is 5.32 Å². The number of carbonyl (C=O) groups is 3. The molecule has 0 spiro atoms. The van der Waals surface area contributed by atoms with Crippen LogP contribution in [0.1, 0.15) is 64.0 Å². The van der Waals surface area contributed by atoms with Gasteiger partial charge in [-0.3, -0.25) is 19.3 Å². The van der Waals surface area contributed by atoms with Crippen LogP contribution in [0.3, 0.4) is 0 Å². The van der Waals surface area contributed by atoms with Crippen LogP contribution >= 0.6 is 0 Å². The summed E-state index contributed by atoms with van der Waals surface area (Å²) in [5.74, 6) is -0.0986. The number of hydrogen-bond donors (Lipinski definition) is 1. The van der Waals surface area contributed by atoms with Gasteiger partial charge in [-0.1, -0.05) is 57.0 Å². The number of nitrogens with one attached hydrogen (secondary N) is 1. The van der Waals surface area contributed by atoms with Crippen molar-refractivity contribution in [3.8, 4) is 0 Å². The number of benzene rings is 1. The maximum atomic E-state index is 12.5. The summed E-state index contributed by atoms with van der Waals surface area (Å²) >= 11 is 0. The largest absolute Gasteiger partial charge is 0.349 e. The third-order valence-corrected chi connectivity index (χ3v) is 5.74. The van der Waals surface area contributed by atoms with Gasteiger partial charge in [-0.05, 0) is 30.7 Å². The van der Waals surface area contributed by atoms with E-state index in [-0.39, 0.29) is 48.6 Å². The Labute approximate surface area is 161 Å². The van der Waals surface area contributed by atoms with Crippen LogP contribution in [-0.4, -0.2) is 29.2 Å². The molecule has 0 unspecified atom stereocenters. The molecule has 5 heteroatoms. The number of likely N-dealkylation sites (tertiary alicyclic amines) is 1. The molecule has 0 aromatic heterocycles. The van der Waals surface area contributed by atoms with E-state index >= 15 is 0 Å². The minimum absolute atomic E-state index is 0.0498. The van der Waals surface area contributed by atoms with Gasteiger partial charge in [0.05, 0.1) is 17.9 Å². The standard InChI is InChI=1S/C22H30N2O3/c1-15(2)14-19(16-8-4-3-5-9-16)23-20(25)12-13-24-21(26)17-10-6-7-11-18(17)22(24)27/h3-5,8-9,15,17-19H,6-7,10-14H2,1-2H3,(H,23,25)/t17-,18+,19-/m1/s1. The molecule has 1 aromatic carbocycles. The molecular formula is C22H30N2O3. The summed E-state index contributed by atoms with van der Waals surface area (Å²) in [5, 5.41) is 3.09. The average molecular weight is 370 g/mol. The van der Waals surface area contributed by atoms with Crippen LogP contribution in [0.2, 0.25) is 0 Å². The summed E-state index contributed by atoms with van der Waals surface area (Å²) in [7, 11) is 0. The first kappa shape index (κ1) is 19.6. The highest BCUT2D eigenvalue weighted by molar-refractivity contribution is 6.05. The first-order valence-electron chi connectivity index (χ1n) is 10.2. The normalized spacial score (nSPS) is 23.4. The van der Waals surface area contributed by atoms with Crippen LogP contribution in [0, 0.1) is 17.8 Å². The zero-order chi connectivity index (χ0) is 19.4. The Kier molecular flexibility index (Phi) is 6.30. The second-order valence-corrected chi connectivity index (χ2v) is 8.24. The third-order valence-electron chi connectivity index (χ3n) is 5.74. The number of rotatable bonds is 7. The zero-order valence-electron chi connectivity index (χ0n) is 16.3. The fourth-order valence-corrected chi connectivity index (χ4v) is 4.37. The van der Waals surface area contributed by atoms with Gasteiger partial charge in [-0.25, -0.2) is 0 Å². The van der Waals surface area contributed by atoms with E-state index in [2.05, 4.69) is 19.2 Å². The van der Waals surface area contributed by atoms with E-state index < -0.39 is 0 Å². The second-order valence-electron chi connectivity index (χ2n) is 8.24. The number of carbonyl (C=O) groups excluding carboxylic acids is 3. The minimum atomic E-state index is -0.146. The van der Waals surface area contributed by atoms with Crippen LogP contribution in [0.4, 0.5) is 0 Å². The summed E-state index contributed by atoms with van der Waals surface area (Å²) in [5.41, 5.74) is 1.08. The predicted octanol–water partition coefficient (Wildman–Crippen LogP) is 3.46. The van der Waals surface area contributed by atoms with Crippen LogP contribution in [0.5, 0.6) is 0 Å². The Bertz CT molecular complexity index is 662. The van der Waals surface area contributed by atoms with E-state index in [4.69, 9.17) is 0 Å². The van der Waals surface area contributed by atoms with Gasteiger partial charge in [0.1, 0.15) is 0 Å². The van der Waals surface area contributed by atoms with E-state index in [9.17, 15) is 14.4 Å². The predicted molar refractivity (Wildman–Crippen MR) is 104 cm³/mol. The van der Waals surface area contributed by atoms with Gasteiger partial charge >= 0.3 is 0 Å². The van der Waals surface area contributed by atoms with Crippen molar-refractivity contribution in [3.63, 3.8) is 0 Å². The maximum absolute atomic E-state index is 12.5. The molecule has 146 valence electrons. The average Bonchev–Trinajstić information content (AvgIpc) is 2.91. The number of imide groups is 1. The van der Waals surface area contributed by atoms with Crippen molar-refractivity contribution in [3.05, 3.63) is 35.9 Å². The van der Waals surface area contributed by atoms with Gasteiger partial charge < -0.3 is 5.32 Å². The number of amides is 3. The molecule has 5 nitrogen and oxygen atoms in total. The minimum Gasteiger partial charge on any atom is -0.349 e. The van der Waals surface area contributed by atoms with Crippen molar-refractivity contribution >= 4 is 17.7 Å². The molecular weight excluding hydrogens is 340 g/mol. The van der Waals surface area contributed by atoms with Crippen molar-refractivity contribution in [2.75, 3.05) is 6.54 Å². The SMILES string of the molecule is CC(C)C[C@@H](NC(=O)CCN1C(=O)[C@H]2CCCC[C@H]2C1=O)c1ccccc1. The topological polar surface area (TPSA) is 66.5 Å². The van der Waals surface area contributed by atoms with Gasteiger partial charge in [-0.15, -0.1) is 0 Å². The number of fused-ring (bicyclic) bond motifs is 1. The van der Waals surface area contributed by atoms with Gasteiger partial charge in [0, 0.05) is 13.0 Å². The molecule has 3 rings (SSSR count). The fourth-order valence-electron chi connectivity index (χ4n) is 4.37. The van der Waals surface area contributed by atoms with Gasteiger partial charge in [-0.2, -0.15) is 0 Å². The van der Waals surface area contributed by atoms with Crippen LogP contribution in [-0.2, 0) is 14.4 Å². The van der Waals surface area contributed by atoms with Gasteiger partial charge in [0.15, 0.2) is 0 Å². The maximum Gasteiger partial charge on any atom is 0.233 e. The highest BCUT2D eigenvalue weighted by Gasteiger charge is 2.47. The van der Waals surface area contributed by atoms with Crippen molar-refractivity contribution in [2.45, 2.75) is 58.4 Å². The molecule has 0 radical (unpaired) electrons. The third kappa shape index (κ3) is 4.57. The molecule has 3 atom stereocenters. The summed E-state index contributed by atoms with van der Waals surface area (Å²) in [6, 6.07) is 9.89. The molecule has 0 bridgehead atoms. The smallest absolute Gasteiger partial charge is 0.233 e. The molecule has 2 fully saturated rings. The monoisotopic (exact) mass is 370 g/mol. The fraction of sp³-hybridized carbons (Fsp3) is 0.591. The molecule has 1 aliphatic heterocycles. The van der Waals surface area contributed by atoms with Gasteiger partial charge in [0.2, 0.25) is 17.7 Å². The number of hydrogen-bond acceptors (Lipinski definition) is 3. The lowest BCUT2D eigenvalue weighted by Crippen LogP contribution is -2.36. The van der Waals surface area contributed by atoms with E-state index in [0.717, 1.165) is 37.7 Å². The molecule has 1 saturated heterocycles. The van der Waals surface area contributed by atoms with E-state index in [1.807, 2.05) is 30.3 Å². The zero-order valence-corrected chi connectivity index (χ0v) is 16.3. The Balaban J connectivity index is 1.58. The summed E-state index contributed by atoms with van der Waals surface area (Å²) in [6.07, 6.45) is 4.66. The Morgan fingerprint density at radius 2 is 1.67 bits per heavy atom. The van der Waals surface area contributed by atoms with Crippen molar-refractivity contribution < 1.29 is 14.4 Å². The van der Waals surface area contributed by atoms with E-state index in [1.165, 1.54) is 4.90 Å². The van der Waals surface area contributed by atoms with Crippen molar-refractivity contribution in [1.82, 2.24) is 10.2 Å². The molecule has 1 saturated carbocycles. The Morgan fingerprint density at radius 3 is 2.22 bits per heavy atom. The summed E-state index contributed by atoms with van der Waals surface area (Å²) < 4.78 is 0. The lowest BCUT2D eigenvalue weighted by molar-refractivity contribution is -0.140.